The molecule has 0 saturated carbocycles. The largest absolute Gasteiger partial charge is 0.466 e. The SMILES string of the molecule is C=CC1CC(C(=O)OC)=C(C)N1c1ccccc1. The van der Waals surface area contributed by atoms with Crippen LogP contribution in [0.1, 0.15) is 13.3 Å². The van der Waals surface area contributed by atoms with E-state index in [9.17, 15) is 4.79 Å². The van der Waals surface area contributed by atoms with E-state index in [0.29, 0.717) is 6.42 Å². The molecule has 0 radical (unpaired) electrons. The van der Waals surface area contributed by atoms with Crippen molar-refractivity contribution < 1.29 is 9.53 Å². The quantitative estimate of drug-likeness (QED) is 0.604. The first kappa shape index (κ1) is 12.4. The van der Waals surface area contributed by atoms with Crippen LogP contribution in [0.3, 0.4) is 0 Å². The van der Waals surface area contributed by atoms with Gasteiger partial charge in [0.25, 0.3) is 0 Å². The van der Waals surface area contributed by atoms with Crippen molar-refractivity contribution in [3.05, 3.63) is 54.3 Å². The molecule has 2 rings (SSSR count). The van der Waals surface area contributed by atoms with Crippen molar-refractivity contribution in [3.8, 4) is 0 Å². The number of carbonyl (C=O) groups is 1. The molecule has 0 N–H and O–H groups in total. The molecule has 3 heteroatoms. The Labute approximate surface area is 107 Å². The molecule has 18 heavy (non-hydrogen) atoms. The average molecular weight is 243 g/mol. The third-order valence-electron chi connectivity index (χ3n) is 3.28. The summed E-state index contributed by atoms with van der Waals surface area (Å²) < 4.78 is 4.82. The number of benzene rings is 1. The van der Waals surface area contributed by atoms with Crippen molar-refractivity contribution in [3.63, 3.8) is 0 Å². The average Bonchev–Trinajstić information content (AvgIpc) is 2.75. The standard InChI is InChI=1S/C15H17NO2/c1-4-12-10-14(15(17)18-3)11(2)16(12)13-8-6-5-7-9-13/h4-9,12H,1,10H2,2-3H3. The van der Waals surface area contributed by atoms with Gasteiger partial charge >= 0.3 is 5.97 Å². The smallest absolute Gasteiger partial charge is 0.335 e. The van der Waals surface area contributed by atoms with E-state index in [0.717, 1.165) is 17.0 Å². The molecular weight excluding hydrogens is 226 g/mol. The lowest BCUT2D eigenvalue weighted by atomic mass is 10.1. The Balaban J connectivity index is 2.41. The van der Waals surface area contributed by atoms with E-state index in [1.165, 1.54) is 7.11 Å². The Hall–Kier alpha value is -2.03. The fourth-order valence-electron chi connectivity index (χ4n) is 2.36. The highest BCUT2D eigenvalue weighted by Crippen LogP contribution is 2.34. The second-order valence-corrected chi connectivity index (χ2v) is 4.27. The van der Waals surface area contributed by atoms with Crippen molar-refractivity contribution in [1.82, 2.24) is 0 Å². The fraction of sp³-hybridized carbons (Fsp3) is 0.267. The van der Waals surface area contributed by atoms with Crippen molar-refractivity contribution >= 4 is 11.7 Å². The molecule has 0 bridgehead atoms. The van der Waals surface area contributed by atoms with Gasteiger partial charge in [-0.05, 0) is 19.1 Å². The summed E-state index contributed by atoms with van der Waals surface area (Å²) in [7, 11) is 1.41. The number of esters is 1. The second-order valence-electron chi connectivity index (χ2n) is 4.27. The highest BCUT2D eigenvalue weighted by atomic mass is 16.5. The maximum atomic E-state index is 11.7. The second kappa shape index (κ2) is 5.08. The molecule has 1 heterocycles. The van der Waals surface area contributed by atoms with Crippen LogP contribution in [-0.4, -0.2) is 19.1 Å². The Morgan fingerprint density at radius 3 is 2.67 bits per heavy atom. The minimum absolute atomic E-state index is 0.112. The number of hydrogen-bond acceptors (Lipinski definition) is 3. The van der Waals surface area contributed by atoms with Crippen LogP contribution in [0.25, 0.3) is 0 Å². The molecule has 1 aromatic rings. The highest BCUT2D eigenvalue weighted by molar-refractivity contribution is 5.91. The van der Waals surface area contributed by atoms with Crippen LogP contribution in [0.15, 0.2) is 54.3 Å². The number of hydrogen-bond donors (Lipinski definition) is 0. The van der Waals surface area contributed by atoms with E-state index in [1.807, 2.05) is 43.3 Å². The number of nitrogens with zero attached hydrogens (tertiary/aromatic N) is 1. The van der Waals surface area contributed by atoms with Gasteiger partial charge in [-0.3, -0.25) is 0 Å². The van der Waals surface area contributed by atoms with Gasteiger partial charge in [0.05, 0.1) is 18.7 Å². The molecule has 1 aliphatic rings. The molecule has 1 atom stereocenters. The predicted molar refractivity (Wildman–Crippen MR) is 72.2 cm³/mol. The van der Waals surface area contributed by atoms with Crippen LogP contribution in [0.5, 0.6) is 0 Å². The molecule has 94 valence electrons. The molecule has 0 aliphatic carbocycles. The first-order valence-electron chi connectivity index (χ1n) is 5.94. The summed E-state index contributed by atoms with van der Waals surface area (Å²) in [6.45, 7) is 5.80. The normalized spacial score (nSPS) is 19.0. The van der Waals surface area contributed by atoms with Gasteiger partial charge in [-0.15, -0.1) is 6.58 Å². The van der Waals surface area contributed by atoms with E-state index in [4.69, 9.17) is 4.74 Å². The molecule has 1 aromatic carbocycles. The zero-order chi connectivity index (χ0) is 13.1. The summed E-state index contributed by atoms with van der Waals surface area (Å²) in [5.41, 5.74) is 2.74. The van der Waals surface area contributed by atoms with Gasteiger partial charge in [0, 0.05) is 17.8 Å². The first-order chi connectivity index (χ1) is 8.69. The molecule has 0 spiro atoms. The van der Waals surface area contributed by atoms with Gasteiger partial charge in [0.1, 0.15) is 0 Å². The Morgan fingerprint density at radius 2 is 2.11 bits per heavy atom. The Kier molecular flexibility index (Phi) is 3.51. The summed E-state index contributed by atoms with van der Waals surface area (Å²) in [5, 5.41) is 0. The third kappa shape index (κ3) is 2.04. The van der Waals surface area contributed by atoms with Crippen LogP contribution < -0.4 is 4.90 Å². The van der Waals surface area contributed by atoms with Gasteiger partial charge in [0.2, 0.25) is 0 Å². The van der Waals surface area contributed by atoms with Gasteiger partial charge in [0.15, 0.2) is 0 Å². The summed E-state index contributed by atoms with van der Waals surface area (Å²) in [5.74, 6) is -0.252. The number of allylic oxidation sites excluding steroid dienone is 1. The molecule has 1 aliphatic heterocycles. The zero-order valence-electron chi connectivity index (χ0n) is 10.7. The van der Waals surface area contributed by atoms with Gasteiger partial charge in [-0.1, -0.05) is 24.3 Å². The Bertz CT molecular complexity index is 490. The van der Waals surface area contributed by atoms with Crippen LogP contribution >= 0.6 is 0 Å². The molecule has 0 fully saturated rings. The van der Waals surface area contributed by atoms with Crippen molar-refractivity contribution in [1.29, 1.82) is 0 Å². The van der Waals surface area contributed by atoms with E-state index in [2.05, 4.69) is 11.5 Å². The van der Waals surface area contributed by atoms with E-state index >= 15 is 0 Å². The van der Waals surface area contributed by atoms with Gasteiger partial charge in [-0.2, -0.15) is 0 Å². The minimum Gasteiger partial charge on any atom is -0.466 e. The molecule has 0 saturated heterocycles. The summed E-state index contributed by atoms with van der Waals surface area (Å²) in [6.07, 6.45) is 2.52. The summed E-state index contributed by atoms with van der Waals surface area (Å²) in [4.78, 5) is 13.8. The summed E-state index contributed by atoms with van der Waals surface area (Å²) >= 11 is 0. The van der Waals surface area contributed by atoms with E-state index in [1.54, 1.807) is 0 Å². The lowest BCUT2D eigenvalue weighted by Gasteiger charge is -2.26. The van der Waals surface area contributed by atoms with Crippen molar-refractivity contribution in [2.75, 3.05) is 12.0 Å². The van der Waals surface area contributed by atoms with Crippen molar-refractivity contribution in [2.45, 2.75) is 19.4 Å². The fourth-order valence-corrected chi connectivity index (χ4v) is 2.36. The zero-order valence-corrected chi connectivity index (χ0v) is 10.7. The Morgan fingerprint density at radius 1 is 1.44 bits per heavy atom. The monoisotopic (exact) mass is 243 g/mol. The molecule has 3 nitrogen and oxygen atoms in total. The first-order valence-corrected chi connectivity index (χ1v) is 5.94. The maximum absolute atomic E-state index is 11.7. The number of methoxy groups -OCH3 is 1. The molecule has 0 amide bonds. The van der Waals surface area contributed by atoms with Crippen LogP contribution in [0.4, 0.5) is 5.69 Å². The predicted octanol–water partition coefficient (Wildman–Crippen LogP) is 2.90. The lowest BCUT2D eigenvalue weighted by molar-refractivity contribution is -0.136. The number of ether oxygens (including phenoxy) is 1. The lowest BCUT2D eigenvalue weighted by Crippen LogP contribution is -2.26. The van der Waals surface area contributed by atoms with Crippen LogP contribution in [0.2, 0.25) is 0 Å². The number of carbonyl (C=O) groups excluding carboxylic acids is 1. The van der Waals surface area contributed by atoms with E-state index < -0.39 is 0 Å². The molecule has 0 aromatic heterocycles. The topological polar surface area (TPSA) is 29.5 Å². The summed E-state index contributed by atoms with van der Waals surface area (Å²) in [6, 6.07) is 10.1. The van der Waals surface area contributed by atoms with Crippen molar-refractivity contribution in [2.24, 2.45) is 0 Å². The van der Waals surface area contributed by atoms with Crippen LogP contribution in [-0.2, 0) is 9.53 Å². The number of rotatable bonds is 3. The number of anilines is 1. The number of para-hydroxylation sites is 1. The molecular formula is C15H17NO2. The maximum Gasteiger partial charge on any atom is 0.335 e. The van der Waals surface area contributed by atoms with Gasteiger partial charge in [-0.25, -0.2) is 4.79 Å². The van der Waals surface area contributed by atoms with Crippen LogP contribution in [0, 0.1) is 0 Å². The highest BCUT2D eigenvalue weighted by Gasteiger charge is 2.32. The third-order valence-corrected chi connectivity index (χ3v) is 3.28. The minimum atomic E-state index is -0.252. The molecule has 1 unspecified atom stereocenters. The van der Waals surface area contributed by atoms with Gasteiger partial charge < -0.3 is 9.64 Å². The van der Waals surface area contributed by atoms with E-state index in [-0.39, 0.29) is 12.0 Å².